The molecule has 3 nitrogen and oxygen atoms in total. The van der Waals surface area contributed by atoms with E-state index < -0.39 is 0 Å². The Balaban J connectivity index is 1.53. The van der Waals surface area contributed by atoms with Gasteiger partial charge in [-0.05, 0) is 67.2 Å². The predicted octanol–water partition coefficient (Wildman–Crippen LogP) is 5.11. The zero-order valence-corrected chi connectivity index (χ0v) is 17.0. The highest BCUT2D eigenvalue weighted by Gasteiger charge is 2.19. The summed E-state index contributed by atoms with van der Waals surface area (Å²) in [5.41, 5.74) is 5.34. The highest BCUT2D eigenvalue weighted by molar-refractivity contribution is 5.94. The molecular formula is C26H28N2O. The van der Waals surface area contributed by atoms with E-state index in [1.165, 1.54) is 37.1 Å². The lowest BCUT2D eigenvalue weighted by molar-refractivity contribution is 0.0943. The van der Waals surface area contributed by atoms with Crippen LogP contribution in [0.1, 0.15) is 51.5 Å². The van der Waals surface area contributed by atoms with E-state index in [0.29, 0.717) is 5.56 Å². The van der Waals surface area contributed by atoms with Crippen molar-refractivity contribution in [3.8, 4) is 0 Å². The molecule has 1 N–H and O–H groups in total. The van der Waals surface area contributed by atoms with Crippen LogP contribution in [0.2, 0.25) is 0 Å². The van der Waals surface area contributed by atoms with Gasteiger partial charge in [0.25, 0.3) is 5.91 Å². The molecule has 1 fully saturated rings. The number of nitrogens with zero attached hydrogens (tertiary/aromatic N) is 1. The maximum absolute atomic E-state index is 13.0. The lowest BCUT2D eigenvalue weighted by atomic mass is 9.94. The second kappa shape index (κ2) is 9.06. The van der Waals surface area contributed by atoms with Crippen LogP contribution in [-0.4, -0.2) is 23.9 Å². The molecule has 4 rings (SSSR count). The lowest BCUT2D eigenvalue weighted by Gasteiger charge is -2.22. The van der Waals surface area contributed by atoms with Crippen LogP contribution in [-0.2, 0) is 6.54 Å². The van der Waals surface area contributed by atoms with Crippen LogP contribution in [0.3, 0.4) is 0 Å². The van der Waals surface area contributed by atoms with Gasteiger partial charge in [0.1, 0.15) is 0 Å². The van der Waals surface area contributed by atoms with Crippen molar-refractivity contribution in [2.24, 2.45) is 0 Å². The third kappa shape index (κ3) is 4.75. The number of carbonyl (C=O) groups excluding carboxylic acids is 1. The first-order valence-corrected chi connectivity index (χ1v) is 10.4. The van der Waals surface area contributed by atoms with Crippen LogP contribution in [0.5, 0.6) is 0 Å². The Morgan fingerprint density at radius 1 is 0.897 bits per heavy atom. The fraction of sp³-hybridized carbons (Fsp3) is 0.269. The molecule has 3 aromatic carbocycles. The van der Waals surface area contributed by atoms with Crippen molar-refractivity contribution in [3.63, 3.8) is 0 Å². The van der Waals surface area contributed by atoms with Crippen molar-refractivity contribution < 1.29 is 4.79 Å². The number of benzene rings is 3. The highest BCUT2D eigenvalue weighted by atomic mass is 16.1. The lowest BCUT2D eigenvalue weighted by Crippen LogP contribution is -2.29. The maximum atomic E-state index is 13.0. The largest absolute Gasteiger partial charge is 0.341 e. The Labute approximate surface area is 173 Å². The van der Waals surface area contributed by atoms with Gasteiger partial charge >= 0.3 is 0 Å². The number of rotatable bonds is 6. The molecule has 1 amide bonds. The Hall–Kier alpha value is -2.91. The van der Waals surface area contributed by atoms with Gasteiger partial charge in [0, 0.05) is 12.1 Å². The fourth-order valence-electron chi connectivity index (χ4n) is 4.07. The van der Waals surface area contributed by atoms with E-state index in [1.807, 2.05) is 42.5 Å². The molecule has 148 valence electrons. The van der Waals surface area contributed by atoms with Gasteiger partial charge in [-0.3, -0.25) is 9.69 Å². The number of likely N-dealkylation sites (tertiary alicyclic amines) is 1. The molecule has 1 heterocycles. The first-order valence-electron chi connectivity index (χ1n) is 10.4. The quantitative estimate of drug-likeness (QED) is 0.640. The molecule has 29 heavy (non-hydrogen) atoms. The molecule has 0 bridgehead atoms. The number of amides is 1. The summed E-state index contributed by atoms with van der Waals surface area (Å²) in [5.74, 6) is -0.0465. The Bertz CT molecular complexity index is 944. The van der Waals surface area contributed by atoms with E-state index >= 15 is 0 Å². The molecule has 1 saturated heterocycles. The molecule has 0 aliphatic carbocycles. The second-order valence-electron chi connectivity index (χ2n) is 7.85. The minimum Gasteiger partial charge on any atom is -0.341 e. The Morgan fingerprint density at radius 2 is 1.55 bits per heavy atom. The summed E-state index contributed by atoms with van der Waals surface area (Å²) in [6.45, 7) is 5.41. The third-order valence-electron chi connectivity index (χ3n) is 5.73. The van der Waals surface area contributed by atoms with Gasteiger partial charge in [-0.1, -0.05) is 66.7 Å². The summed E-state index contributed by atoms with van der Waals surface area (Å²) in [5, 5.41) is 3.25. The topological polar surface area (TPSA) is 32.3 Å². The van der Waals surface area contributed by atoms with Gasteiger partial charge in [-0.15, -0.1) is 0 Å². The maximum Gasteiger partial charge on any atom is 0.252 e. The SMILES string of the molecule is Cc1ccccc1[C@H](NC(=O)c1ccc(CN2CCCC2)cc1)c1ccccc1. The number of nitrogens with one attached hydrogen (secondary N) is 1. The number of carbonyl (C=O) groups is 1. The molecule has 0 radical (unpaired) electrons. The van der Waals surface area contributed by atoms with Crippen LogP contribution in [0.4, 0.5) is 0 Å². The van der Waals surface area contributed by atoms with Gasteiger partial charge in [0.05, 0.1) is 6.04 Å². The molecule has 1 aliphatic rings. The second-order valence-corrected chi connectivity index (χ2v) is 7.85. The monoisotopic (exact) mass is 384 g/mol. The summed E-state index contributed by atoms with van der Waals surface area (Å²) < 4.78 is 0. The van der Waals surface area contributed by atoms with E-state index in [4.69, 9.17) is 0 Å². The highest BCUT2D eigenvalue weighted by Crippen LogP contribution is 2.25. The van der Waals surface area contributed by atoms with Gasteiger partial charge in [0.15, 0.2) is 0 Å². The van der Waals surface area contributed by atoms with Gasteiger partial charge in [0.2, 0.25) is 0 Å². The van der Waals surface area contributed by atoms with E-state index in [2.05, 4.69) is 53.5 Å². The van der Waals surface area contributed by atoms with Crippen molar-refractivity contribution in [2.45, 2.75) is 32.4 Å². The minimum atomic E-state index is -0.172. The Kier molecular flexibility index (Phi) is 6.06. The van der Waals surface area contributed by atoms with Crippen LogP contribution in [0.15, 0.2) is 78.9 Å². The molecule has 3 aromatic rings. The molecule has 3 heteroatoms. The summed E-state index contributed by atoms with van der Waals surface area (Å²) in [7, 11) is 0. The van der Waals surface area contributed by atoms with Crippen molar-refractivity contribution in [3.05, 3.63) is 107 Å². The zero-order valence-electron chi connectivity index (χ0n) is 17.0. The van der Waals surface area contributed by atoms with Crippen molar-refractivity contribution in [1.82, 2.24) is 10.2 Å². The molecule has 0 unspecified atom stereocenters. The fourth-order valence-corrected chi connectivity index (χ4v) is 4.07. The van der Waals surface area contributed by atoms with Gasteiger partial charge < -0.3 is 5.32 Å². The van der Waals surface area contributed by atoms with E-state index in [9.17, 15) is 4.79 Å². The zero-order chi connectivity index (χ0) is 20.1. The summed E-state index contributed by atoms with van der Waals surface area (Å²) in [6.07, 6.45) is 2.58. The van der Waals surface area contributed by atoms with Crippen LogP contribution >= 0.6 is 0 Å². The van der Waals surface area contributed by atoms with Crippen molar-refractivity contribution >= 4 is 5.91 Å². The Morgan fingerprint density at radius 3 is 2.24 bits per heavy atom. The minimum absolute atomic E-state index is 0.0465. The van der Waals surface area contributed by atoms with Gasteiger partial charge in [-0.25, -0.2) is 0 Å². The summed E-state index contributed by atoms with van der Waals surface area (Å²) >= 11 is 0. The molecule has 1 atom stereocenters. The predicted molar refractivity (Wildman–Crippen MR) is 118 cm³/mol. The summed E-state index contributed by atoms with van der Waals surface area (Å²) in [4.78, 5) is 15.5. The molecule has 0 aromatic heterocycles. The third-order valence-corrected chi connectivity index (χ3v) is 5.73. The number of hydrogen-bond acceptors (Lipinski definition) is 2. The first kappa shape index (κ1) is 19.4. The number of aryl methyl sites for hydroxylation is 1. The van der Waals surface area contributed by atoms with Crippen molar-refractivity contribution in [2.75, 3.05) is 13.1 Å². The molecule has 1 aliphatic heterocycles. The van der Waals surface area contributed by atoms with E-state index in [1.54, 1.807) is 0 Å². The normalized spacial score (nSPS) is 15.2. The van der Waals surface area contributed by atoms with E-state index in [-0.39, 0.29) is 11.9 Å². The molecular weight excluding hydrogens is 356 g/mol. The standard InChI is InChI=1S/C26H28N2O/c1-20-9-5-6-12-24(20)25(22-10-3-2-4-11-22)27-26(29)23-15-13-21(14-16-23)19-28-17-7-8-18-28/h2-6,9-16,25H,7-8,17-19H2,1H3,(H,27,29)/t25-/m1/s1. The molecule has 0 saturated carbocycles. The number of hydrogen-bond donors (Lipinski definition) is 1. The van der Waals surface area contributed by atoms with Crippen LogP contribution < -0.4 is 5.32 Å². The summed E-state index contributed by atoms with van der Waals surface area (Å²) in [6, 6.07) is 26.3. The smallest absolute Gasteiger partial charge is 0.252 e. The van der Waals surface area contributed by atoms with Crippen molar-refractivity contribution in [1.29, 1.82) is 0 Å². The van der Waals surface area contributed by atoms with Crippen LogP contribution in [0, 0.1) is 6.92 Å². The first-order chi connectivity index (χ1) is 14.2. The van der Waals surface area contributed by atoms with E-state index in [0.717, 1.165) is 17.7 Å². The van der Waals surface area contributed by atoms with Crippen LogP contribution in [0.25, 0.3) is 0 Å². The molecule has 0 spiro atoms. The van der Waals surface area contributed by atoms with Gasteiger partial charge in [-0.2, -0.15) is 0 Å². The average molecular weight is 385 g/mol. The average Bonchev–Trinajstić information content (AvgIpc) is 3.27.